The molecule has 1 saturated heterocycles. The van der Waals surface area contributed by atoms with Crippen molar-refractivity contribution >= 4 is 17.6 Å². The molecule has 1 fully saturated rings. The third-order valence-corrected chi connectivity index (χ3v) is 2.62. The molecule has 74 valence electrons. The van der Waals surface area contributed by atoms with Gasteiger partial charge in [-0.2, -0.15) is 0 Å². The smallest absolute Gasteiger partial charge is 0.338 e. The minimum atomic E-state index is -1.04. The third-order valence-electron chi connectivity index (χ3n) is 2.32. The van der Waals surface area contributed by atoms with E-state index in [0.29, 0.717) is 0 Å². The number of nitrogens with zero attached hydrogens (tertiary/aromatic N) is 1. The number of hydrogen-bond acceptors (Lipinski definition) is 3. The molecule has 1 aromatic rings. The van der Waals surface area contributed by atoms with Crippen LogP contribution in [0.25, 0.3) is 0 Å². The standard InChI is InChI=1S/C9H9ClN2O2/c10-8-6(9(13)14)3-5(4-12-8)7-1-2-11-7/h3-4,7,11H,1-2H2,(H,13,14). The van der Waals surface area contributed by atoms with Gasteiger partial charge in [-0.25, -0.2) is 9.78 Å². The van der Waals surface area contributed by atoms with Crippen molar-refractivity contribution < 1.29 is 9.90 Å². The van der Waals surface area contributed by atoms with E-state index in [4.69, 9.17) is 16.7 Å². The van der Waals surface area contributed by atoms with Crippen molar-refractivity contribution in [3.8, 4) is 0 Å². The van der Waals surface area contributed by atoms with Crippen molar-refractivity contribution in [2.75, 3.05) is 6.54 Å². The van der Waals surface area contributed by atoms with E-state index in [1.54, 1.807) is 12.3 Å². The van der Waals surface area contributed by atoms with Gasteiger partial charge in [0, 0.05) is 12.2 Å². The predicted molar refractivity (Wildman–Crippen MR) is 51.6 cm³/mol. The Balaban J connectivity index is 2.34. The predicted octanol–water partition coefficient (Wildman–Crippen LogP) is 1.47. The highest BCUT2D eigenvalue weighted by molar-refractivity contribution is 6.32. The summed E-state index contributed by atoms with van der Waals surface area (Å²) in [6, 6.07) is 1.81. The van der Waals surface area contributed by atoms with Crippen LogP contribution in [0.15, 0.2) is 12.3 Å². The number of carboxylic acids is 1. The van der Waals surface area contributed by atoms with Gasteiger partial charge >= 0.3 is 5.97 Å². The molecule has 1 aromatic heterocycles. The van der Waals surface area contributed by atoms with Gasteiger partial charge in [0.05, 0.1) is 5.56 Å². The molecule has 2 rings (SSSR count). The van der Waals surface area contributed by atoms with Gasteiger partial charge in [-0.05, 0) is 24.6 Å². The van der Waals surface area contributed by atoms with Crippen molar-refractivity contribution in [2.24, 2.45) is 0 Å². The van der Waals surface area contributed by atoms with Crippen molar-refractivity contribution in [3.63, 3.8) is 0 Å². The molecule has 0 aliphatic carbocycles. The molecule has 1 unspecified atom stereocenters. The lowest BCUT2D eigenvalue weighted by atomic mass is 9.99. The summed E-state index contributed by atoms with van der Waals surface area (Å²) in [4.78, 5) is 14.6. The Labute approximate surface area is 85.9 Å². The van der Waals surface area contributed by atoms with E-state index >= 15 is 0 Å². The van der Waals surface area contributed by atoms with Gasteiger partial charge in [-0.3, -0.25) is 0 Å². The Kier molecular flexibility index (Phi) is 2.39. The first-order valence-corrected chi connectivity index (χ1v) is 4.68. The molecule has 1 aliphatic heterocycles. The monoisotopic (exact) mass is 212 g/mol. The topological polar surface area (TPSA) is 62.2 Å². The van der Waals surface area contributed by atoms with Gasteiger partial charge in [0.15, 0.2) is 0 Å². The van der Waals surface area contributed by atoms with Crippen molar-refractivity contribution in [2.45, 2.75) is 12.5 Å². The molecule has 0 aromatic carbocycles. The second-order valence-corrected chi connectivity index (χ2v) is 3.57. The van der Waals surface area contributed by atoms with Crippen LogP contribution in [0.4, 0.5) is 0 Å². The Hall–Kier alpha value is -1.13. The lowest BCUT2D eigenvalue weighted by Crippen LogP contribution is -2.35. The maximum absolute atomic E-state index is 10.8. The van der Waals surface area contributed by atoms with Crippen LogP contribution in [0, 0.1) is 0 Å². The van der Waals surface area contributed by atoms with E-state index in [9.17, 15) is 4.79 Å². The molecule has 4 nitrogen and oxygen atoms in total. The van der Waals surface area contributed by atoms with Crippen LogP contribution in [0.5, 0.6) is 0 Å². The van der Waals surface area contributed by atoms with Gasteiger partial charge in [-0.15, -0.1) is 0 Å². The molecule has 0 amide bonds. The first kappa shape index (κ1) is 9.43. The van der Waals surface area contributed by atoms with E-state index in [1.165, 1.54) is 0 Å². The van der Waals surface area contributed by atoms with E-state index in [0.717, 1.165) is 18.5 Å². The van der Waals surface area contributed by atoms with Crippen LogP contribution in [0.1, 0.15) is 28.4 Å². The molecule has 14 heavy (non-hydrogen) atoms. The van der Waals surface area contributed by atoms with E-state index in [-0.39, 0.29) is 16.8 Å². The molecule has 1 aliphatic rings. The molecular formula is C9H9ClN2O2. The molecule has 0 spiro atoms. The molecule has 1 atom stereocenters. The van der Waals surface area contributed by atoms with Crippen molar-refractivity contribution in [1.82, 2.24) is 10.3 Å². The first-order valence-electron chi connectivity index (χ1n) is 4.30. The normalized spacial score (nSPS) is 20.2. The lowest BCUT2D eigenvalue weighted by molar-refractivity contribution is 0.0696. The van der Waals surface area contributed by atoms with Crippen molar-refractivity contribution in [3.05, 3.63) is 28.5 Å². The average molecular weight is 213 g/mol. The number of nitrogens with one attached hydrogen (secondary N) is 1. The van der Waals surface area contributed by atoms with Gasteiger partial charge < -0.3 is 10.4 Å². The number of carbonyl (C=O) groups is 1. The highest BCUT2D eigenvalue weighted by atomic mass is 35.5. The van der Waals surface area contributed by atoms with Crippen LogP contribution in [-0.2, 0) is 0 Å². The molecule has 2 N–H and O–H groups in total. The largest absolute Gasteiger partial charge is 0.478 e. The number of aromatic nitrogens is 1. The molecular weight excluding hydrogens is 204 g/mol. The van der Waals surface area contributed by atoms with Gasteiger partial charge in [0.1, 0.15) is 5.15 Å². The second kappa shape index (κ2) is 3.55. The summed E-state index contributed by atoms with van der Waals surface area (Å²) in [5.41, 5.74) is 0.955. The molecule has 0 saturated carbocycles. The number of carboxylic acid groups (broad SMARTS) is 1. The van der Waals surface area contributed by atoms with Crippen molar-refractivity contribution in [1.29, 1.82) is 0 Å². The van der Waals surface area contributed by atoms with Gasteiger partial charge in [0.2, 0.25) is 0 Å². The Bertz CT molecular complexity index is 377. The summed E-state index contributed by atoms with van der Waals surface area (Å²) in [5, 5.41) is 12.0. The van der Waals surface area contributed by atoms with Crippen LogP contribution in [0.2, 0.25) is 5.15 Å². The fourth-order valence-electron chi connectivity index (χ4n) is 1.38. The van der Waals surface area contributed by atoms with Crippen LogP contribution < -0.4 is 5.32 Å². The summed E-state index contributed by atoms with van der Waals surface area (Å²) < 4.78 is 0. The molecule has 0 bridgehead atoms. The summed E-state index contributed by atoms with van der Waals surface area (Å²) in [6.07, 6.45) is 2.63. The van der Waals surface area contributed by atoms with E-state index < -0.39 is 5.97 Å². The number of hydrogen-bond donors (Lipinski definition) is 2. The first-order chi connectivity index (χ1) is 6.68. The number of halogens is 1. The third kappa shape index (κ3) is 1.58. The zero-order chi connectivity index (χ0) is 10.1. The Morgan fingerprint density at radius 2 is 2.43 bits per heavy atom. The maximum Gasteiger partial charge on any atom is 0.338 e. The molecule has 5 heteroatoms. The SMILES string of the molecule is O=C(O)c1cc(C2CCN2)cnc1Cl. The average Bonchev–Trinajstić information content (AvgIpc) is 2.04. The quantitative estimate of drug-likeness (QED) is 0.729. The minimum Gasteiger partial charge on any atom is -0.478 e. The fraction of sp³-hybridized carbons (Fsp3) is 0.333. The summed E-state index contributed by atoms with van der Waals surface area (Å²) in [6.45, 7) is 0.968. The van der Waals surface area contributed by atoms with Gasteiger partial charge in [0.25, 0.3) is 0 Å². The number of pyridine rings is 1. The summed E-state index contributed by atoms with van der Waals surface area (Å²) >= 11 is 5.64. The maximum atomic E-state index is 10.8. The van der Waals surface area contributed by atoms with E-state index in [1.807, 2.05) is 0 Å². The zero-order valence-corrected chi connectivity index (χ0v) is 8.08. The summed E-state index contributed by atoms with van der Waals surface area (Å²) in [7, 11) is 0. The second-order valence-electron chi connectivity index (χ2n) is 3.21. The van der Waals surface area contributed by atoms with Gasteiger partial charge in [-0.1, -0.05) is 11.6 Å². The molecule has 0 radical (unpaired) electrons. The fourth-order valence-corrected chi connectivity index (χ4v) is 1.56. The van der Waals surface area contributed by atoms with Crippen LogP contribution >= 0.6 is 11.6 Å². The zero-order valence-electron chi connectivity index (χ0n) is 7.33. The summed E-state index contributed by atoms with van der Waals surface area (Å²) in [5.74, 6) is -1.04. The number of aromatic carboxylic acids is 1. The highest BCUT2D eigenvalue weighted by Crippen LogP contribution is 2.25. The Morgan fingerprint density at radius 3 is 2.93 bits per heavy atom. The Morgan fingerprint density at radius 1 is 1.71 bits per heavy atom. The minimum absolute atomic E-state index is 0.0422. The molecule has 2 heterocycles. The number of rotatable bonds is 2. The lowest BCUT2D eigenvalue weighted by Gasteiger charge is -2.27. The van der Waals surface area contributed by atoms with E-state index in [2.05, 4.69) is 10.3 Å². The highest BCUT2D eigenvalue weighted by Gasteiger charge is 2.21. The van der Waals surface area contributed by atoms with Crippen LogP contribution in [-0.4, -0.2) is 22.6 Å². The van der Waals surface area contributed by atoms with Crippen LogP contribution in [0.3, 0.4) is 0 Å².